The van der Waals surface area contributed by atoms with E-state index in [1.807, 2.05) is 0 Å². The highest BCUT2D eigenvalue weighted by atomic mass is 79.9. The van der Waals surface area contributed by atoms with Gasteiger partial charge in [-0.1, -0.05) is 28.1 Å². The topological polar surface area (TPSA) is 64.4 Å². The average molecular weight is 373 g/mol. The minimum atomic E-state index is -2.89. The first kappa shape index (κ1) is 16.2. The van der Waals surface area contributed by atoms with Crippen LogP contribution in [0.25, 0.3) is 0 Å². The van der Waals surface area contributed by atoms with Crippen LogP contribution in [0.3, 0.4) is 0 Å². The van der Waals surface area contributed by atoms with Gasteiger partial charge in [0.1, 0.15) is 11.4 Å². The number of halogens is 3. The first-order chi connectivity index (χ1) is 10.5. The van der Waals surface area contributed by atoms with Crippen molar-refractivity contribution in [3.63, 3.8) is 0 Å². The fraction of sp³-hybridized carbons (Fsp3) is 0.143. The number of ether oxygens (including phenoxy) is 1. The van der Waals surface area contributed by atoms with Crippen molar-refractivity contribution in [2.24, 2.45) is 0 Å². The van der Waals surface area contributed by atoms with Gasteiger partial charge < -0.3 is 10.1 Å². The molecule has 0 aliphatic rings. The second-order valence-corrected chi connectivity index (χ2v) is 5.21. The second kappa shape index (κ2) is 7.17. The van der Waals surface area contributed by atoms with Crippen LogP contribution in [0.2, 0.25) is 0 Å². The van der Waals surface area contributed by atoms with Crippen LogP contribution in [0.5, 0.6) is 5.75 Å². The molecule has 0 aliphatic carbocycles. The van der Waals surface area contributed by atoms with Gasteiger partial charge in [0.25, 0.3) is 5.69 Å². The van der Waals surface area contributed by atoms with Crippen molar-refractivity contribution in [2.75, 3.05) is 5.32 Å². The summed E-state index contributed by atoms with van der Waals surface area (Å²) in [5.74, 6) is 0.0413. The maximum absolute atomic E-state index is 12.2. The molecule has 0 heterocycles. The molecule has 2 aromatic carbocycles. The summed E-state index contributed by atoms with van der Waals surface area (Å²) in [6.45, 7) is -2.65. The number of rotatable bonds is 6. The molecule has 116 valence electrons. The third-order valence-electron chi connectivity index (χ3n) is 2.76. The molecule has 0 bridgehead atoms. The molecule has 8 heteroatoms. The van der Waals surface area contributed by atoms with Gasteiger partial charge in [-0.05, 0) is 29.8 Å². The van der Waals surface area contributed by atoms with Crippen LogP contribution in [0.1, 0.15) is 5.56 Å². The number of hydrogen-bond donors (Lipinski definition) is 1. The van der Waals surface area contributed by atoms with Crippen molar-refractivity contribution in [3.8, 4) is 5.75 Å². The number of nitro groups is 1. The number of alkyl halides is 2. The molecule has 22 heavy (non-hydrogen) atoms. The highest BCUT2D eigenvalue weighted by molar-refractivity contribution is 9.10. The minimum absolute atomic E-state index is 0.0413. The van der Waals surface area contributed by atoms with Gasteiger partial charge in [0.2, 0.25) is 0 Å². The molecule has 0 fully saturated rings. The number of anilines is 1. The van der Waals surface area contributed by atoms with Gasteiger partial charge in [-0.15, -0.1) is 0 Å². The van der Waals surface area contributed by atoms with Gasteiger partial charge in [0.15, 0.2) is 0 Å². The normalized spacial score (nSPS) is 10.5. The smallest absolute Gasteiger partial charge is 0.387 e. The number of nitro benzene ring substituents is 1. The number of nitrogens with zero attached hydrogens (tertiary/aromatic N) is 1. The summed E-state index contributed by atoms with van der Waals surface area (Å²) in [5, 5.41) is 13.9. The average Bonchev–Trinajstić information content (AvgIpc) is 2.45. The summed E-state index contributed by atoms with van der Waals surface area (Å²) >= 11 is 3.17. The van der Waals surface area contributed by atoms with E-state index in [1.165, 1.54) is 18.2 Å². The SMILES string of the molecule is O=[N+]([O-])c1cc(Br)ccc1NCc1cccc(OC(F)F)c1. The zero-order valence-corrected chi connectivity index (χ0v) is 12.7. The van der Waals surface area contributed by atoms with Crippen molar-refractivity contribution in [3.05, 3.63) is 62.6 Å². The highest BCUT2D eigenvalue weighted by Gasteiger charge is 2.14. The molecule has 0 unspecified atom stereocenters. The molecule has 2 aromatic rings. The lowest BCUT2D eigenvalue weighted by Crippen LogP contribution is -2.05. The zero-order chi connectivity index (χ0) is 16.1. The number of hydrogen-bond acceptors (Lipinski definition) is 4. The van der Waals surface area contributed by atoms with E-state index in [0.717, 1.165) is 0 Å². The molecule has 0 saturated heterocycles. The van der Waals surface area contributed by atoms with Gasteiger partial charge in [-0.2, -0.15) is 8.78 Å². The lowest BCUT2D eigenvalue weighted by molar-refractivity contribution is -0.384. The first-order valence-electron chi connectivity index (χ1n) is 6.17. The molecule has 0 aromatic heterocycles. The molecular formula is C14H11BrF2N2O3. The molecule has 1 N–H and O–H groups in total. The Morgan fingerprint density at radius 1 is 1.27 bits per heavy atom. The van der Waals surface area contributed by atoms with E-state index in [9.17, 15) is 18.9 Å². The number of benzene rings is 2. The van der Waals surface area contributed by atoms with Crippen molar-refractivity contribution >= 4 is 27.3 Å². The van der Waals surface area contributed by atoms with Crippen molar-refractivity contribution < 1.29 is 18.4 Å². The molecule has 2 rings (SSSR count). The standard InChI is InChI=1S/C14H11BrF2N2O3/c15-10-4-5-12(13(7-10)19(20)21)18-8-9-2-1-3-11(6-9)22-14(16)17/h1-7,14,18H,8H2. The molecular weight excluding hydrogens is 362 g/mol. The zero-order valence-electron chi connectivity index (χ0n) is 11.1. The molecule has 5 nitrogen and oxygen atoms in total. The Morgan fingerprint density at radius 2 is 2.05 bits per heavy atom. The van der Waals surface area contributed by atoms with Crippen LogP contribution in [-0.2, 0) is 6.54 Å². The van der Waals surface area contributed by atoms with Gasteiger partial charge in [-0.25, -0.2) is 0 Å². The highest BCUT2D eigenvalue weighted by Crippen LogP contribution is 2.28. The van der Waals surface area contributed by atoms with Crippen LogP contribution in [-0.4, -0.2) is 11.5 Å². The Balaban J connectivity index is 2.12. The Labute approximate surface area is 133 Å². The minimum Gasteiger partial charge on any atom is -0.435 e. The van der Waals surface area contributed by atoms with E-state index in [4.69, 9.17) is 0 Å². The van der Waals surface area contributed by atoms with Crippen molar-refractivity contribution in [2.45, 2.75) is 13.2 Å². The Bertz CT molecular complexity index is 683. The summed E-state index contributed by atoms with van der Waals surface area (Å²) in [6, 6.07) is 10.8. The van der Waals surface area contributed by atoms with E-state index in [2.05, 4.69) is 26.0 Å². The molecule has 0 spiro atoms. The van der Waals surface area contributed by atoms with E-state index in [-0.39, 0.29) is 18.0 Å². The molecule has 0 amide bonds. The summed E-state index contributed by atoms with van der Waals surface area (Å²) in [7, 11) is 0. The van der Waals surface area contributed by atoms with Crippen molar-refractivity contribution in [1.29, 1.82) is 0 Å². The van der Waals surface area contributed by atoms with E-state index in [0.29, 0.717) is 15.7 Å². The maximum atomic E-state index is 12.2. The fourth-order valence-electron chi connectivity index (χ4n) is 1.83. The third-order valence-corrected chi connectivity index (χ3v) is 3.26. The molecule has 0 aliphatic heterocycles. The van der Waals surface area contributed by atoms with E-state index >= 15 is 0 Å². The van der Waals surface area contributed by atoms with Crippen LogP contribution in [0, 0.1) is 10.1 Å². The van der Waals surface area contributed by atoms with Crippen LogP contribution in [0.4, 0.5) is 20.2 Å². The number of nitrogens with one attached hydrogen (secondary N) is 1. The predicted molar refractivity (Wildman–Crippen MR) is 81.2 cm³/mol. The second-order valence-electron chi connectivity index (χ2n) is 4.30. The van der Waals surface area contributed by atoms with Gasteiger partial charge in [0.05, 0.1) is 4.92 Å². The Hall–Kier alpha value is -2.22. The van der Waals surface area contributed by atoms with E-state index in [1.54, 1.807) is 24.3 Å². The first-order valence-corrected chi connectivity index (χ1v) is 6.96. The van der Waals surface area contributed by atoms with Gasteiger partial charge in [0, 0.05) is 17.1 Å². The van der Waals surface area contributed by atoms with Crippen LogP contribution >= 0.6 is 15.9 Å². The largest absolute Gasteiger partial charge is 0.435 e. The van der Waals surface area contributed by atoms with Crippen molar-refractivity contribution in [1.82, 2.24) is 0 Å². The maximum Gasteiger partial charge on any atom is 0.387 e. The summed E-state index contributed by atoms with van der Waals surface area (Å²) in [6.07, 6.45) is 0. The Kier molecular flexibility index (Phi) is 5.26. The monoisotopic (exact) mass is 372 g/mol. The quantitative estimate of drug-likeness (QED) is 0.595. The molecule has 0 radical (unpaired) electrons. The third kappa shape index (κ3) is 4.39. The van der Waals surface area contributed by atoms with E-state index < -0.39 is 11.5 Å². The molecule has 0 atom stereocenters. The lowest BCUT2D eigenvalue weighted by atomic mass is 10.2. The fourth-order valence-corrected chi connectivity index (χ4v) is 2.18. The van der Waals surface area contributed by atoms with Crippen LogP contribution < -0.4 is 10.1 Å². The van der Waals surface area contributed by atoms with Gasteiger partial charge in [-0.3, -0.25) is 10.1 Å². The predicted octanol–water partition coefficient (Wildman–Crippen LogP) is 4.57. The summed E-state index contributed by atoms with van der Waals surface area (Å²) < 4.78 is 29.2. The summed E-state index contributed by atoms with van der Waals surface area (Å²) in [5.41, 5.74) is 0.929. The molecule has 0 saturated carbocycles. The summed E-state index contributed by atoms with van der Waals surface area (Å²) in [4.78, 5) is 10.5. The van der Waals surface area contributed by atoms with Gasteiger partial charge >= 0.3 is 6.61 Å². The van der Waals surface area contributed by atoms with Crippen LogP contribution in [0.15, 0.2) is 46.9 Å². The lowest BCUT2D eigenvalue weighted by Gasteiger charge is -2.09. The Morgan fingerprint density at radius 3 is 2.73 bits per heavy atom.